The molecule has 0 spiro atoms. The Labute approximate surface area is 164 Å². The number of anilines is 1. The Kier molecular flexibility index (Phi) is 6.47. The molecule has 0 saturated carbocycles. The number of nitro groups is 1. The average Bonchev–Trinajstić information content (AvgIpc) is 2.74. The monoisotopic (exact) mass is 383 g/mol. The number of rotatable bonds is 7. The zero-order chi connectivity index (χ0) is 19.9. The number of nitro benzene ring substituents is 1. The van der Waals surface area contributed by atoms with E-state index in [2.05, 4.69) is 11.8 Å². The van der Waals surface area contributed by atoms with Crippen LogP contribution in [-0.4, -0.2) is 48.5 Å². The van der Waals surface area contributed by atoms with Crippen LogP contribution in [0.1, 0.15) is 30.1 Å². The molecule has 28 heavy (non-hydrogen) atoms. The number of hydrogen-bond donors (Lipinski definition) is 0. The second-order valence-electron chi connectivity index (χ2n) is 6.78. The van der Waals surface area contributed by atoms with E-state index in [1.165, 1.54) is 12.1 Å². The first-order valence-corrected chi connectivity index (χ1v) is 9.60. The van der Waals surface area contributed by atoms with Crippen LogP contribution in [0.3, 0.4) is 0 Å². The summed E-state index contributed by atoms with van der Waals surface area (Å²) >= 11 is 0. The topological polar surface area (TPSA) is 75.9 Å². The third-order valence-corrected chi connectivity index (χ3v) is 4.84. The maximum absolute atomic E-state index is 12.8. The molecule has 7 heteroatoms. The van der Waals surface area contributed by atoms with E-state index >= 15 is 0 Å². The summed E-state index contributed by atoms with van der Waals surface area (Å²) in [5.41, 5.74) is 1.65. The summed E-state index contributed by atoms with van der Waals surface area (Å²) in [4.78, 5) is 27.2. The highest BCUT2D eigenvalue weighted by Crippen LogP contribution is 2.22. The number of carbonyl (C=O) groups excluding carboxylic acids is 1. The van der Waals surface area contributed by atoms with Crippen LogP contribution < -0.4 is 9.64 Å². The van der Waals surface area contributed by atoms with Crippen molar-refractivity contribution in [3.05, 3.63) is 64.2 Å². The molecule has 0 bridgehead atoms. The van der Waals surface area contributed by atoms with Gasteiger partial charge < -0.3 is 14.5 Å². The molecular weight excluding hydrogens is 358 g/mol. The predicted molar refractivity (Wildman–Crippen MR) is 108 cm³/mol. The highest BCUT2D eigenvalue weighted by Gasteiger charge is 2.23. The van der Waals surface area contributed by atoms with Crippen molar-refractivity contribution in [1.29, 1.82) is 0 Å². The second kappa shape index (κ2) is 9.21. The Balaban J connectivity index is 1.57. The zero-order valence-electron chi connectivity index (χ0n) is 16.0. The first-order valence-electron chi connectivity index (χ1n) is 9.60. The van der Waals surface area contributed by atoms with Gasteiger partial charge in [-0.1, -0.05) is 19.4 Å². The highest BCUT2D eigenvalue weighted by molar-refractivity contribution is 5.94. The van der Waals surface area contributed by atoms with Crippen LogP contribution in [-0.2, 0) is 0 Å². The lowest BCUT2D eigenvalue weighted by atomic mass is 10.1. The van der Waals surface area contributed by atoms with Gasteiger partial charge in [-0.15, -0.1) is 0 Å². The van der Waals surface area contributed by atoms with Crippen molar-refractivity contribution in [1.82, 2.24) is 4.90 Å². The molecule has 2 aromatic carbocycles. The molecular formula is C21H25N3O4. The molecule has 1 amide bonds. The minimum Gasteiger partial charge on any atom is -0.494 e. The number of hydrogen-bond acceptors (Lipinski definition) is 5. The second-order valence-corrected chi connectivity index (χ2v) is 6.78. The number of nitrogens with zero attached hydrogens (tertiary/aromatic N) is 3. The van der Waals surface area contributed by atoms with Crippen LogP contribution >= 0.6 is 0 Å². The van der Waals surface area contributed by atoms with Gasteiger partial charge in [-0.2, -0.15) is 0 Å². The summed E-state index contributed by atoms with van der Waals surface area (Å²) in [7, 11) is 0. The van der Waals surface area contributed by atoms with E-state index < -0.39 is 4.92 Å². The lowest BCUT2D eigenvalue weighted by Gasteiger charge is -2.36. The van der Waals surface area contributed by atoms with Gasteiger partial charge in [0.2, 0.25) is 0 Å². The van der Waals surface area contributed by atoms with Crippen LogP contribution in [0, 0.1) is 10.1 Å². The van der Waals surface area contributed by atoms with E-state index in [0.29, 0.717) is 38.3 Å². The molecule has 1 fully saturated rings. The molecule has 0 N–H and O–H groups in total. The van der Waals surface area contributed by atoms with E-state index in [1.807, 2.05) is 23.1 Å². The smallest absolute Gasteiger partial charge is 0.269 e. The quantitative estimate of drug-likeness (QED) is 0.414. The van der Waals surface area contributed by atoms with E-state index in [1.54, 1.807) is 18.2 Å². The van der Waals surface area contributed by atoms with Gasteiger partial charge >= 0.3 is 0 Å². The van der Waals surface area contributed by atoms with Gasteiger partial charge in [-0.25, -0.2) is 0 Å². The van der Waals surface area contributed by atoms with Gasteiger partial charge in [0.15, 0.2) is 0 Å². The summed E-state index contributed by atoms with van der Waals surface area (Å²) in [5, 5.41) is 10.8. The van der Waals surface area contributed by atoms with Crippen molar-refractivity contribution < 1.29 is 14.5 Å². The molecule has 7 nitrogen and oxygen atoms in total. The van der Waals surface area contributed by atoms with Crippen LogP contribution in [0.5, 0.6) is 5.75 Å². The maximum atomic E-state index is 12.8. The van der Waals surface area contributed by atoms with Crippen LogP contribution in [0.15, 0.2) is 48.5 Å². The first-order chi connectivity index (χ1) is 13.6. The number of carbonyl (C=O) groups is 1. The summed E-state index contributed by atoms with van der Waals surface area (Å²) in [6, 6.07) is 13.9. The Morgan fingerprint density at radius 2 is 1.82 bits per heavy atom. The molecule has 2 aromatic rings. The third-order valence-electron chi connectivity index (χ3n) is 4.84. The van der Waals surface area contributed by atoms with Gasteiger partial charge in [0, 0.05) is 49.6 Å². The normalized spacial score (nSPS) is 14.0. The number of ether oxygens (including phenoxy) is 1. The molecule has 1 aliphatic heterocycles. The fourth-order valence-corrected chi connectivity index (χ4v) is 3.19. The molecule has 3 rings (SSSR count). The zero-order valence-corrected chi connectivity index (χ0v) is 16.0. The number of piperazine rings is 1. The van der Waals surface area contributed by atoms with Crippen molar-refractivity contribution in [2.45, 2.75) is 19.8 Å². The molecule has 1 aliphatic rings. The first kappa shape index (κ1) is 19.7. The van der Waals surface area contributed by atoms with Gasteiger partial charge in [-0.05, 0) is 36.8 Å². The lowest BCUT2D eigenvalue weighted by molar-refractivity contribution is -0.384. The van der Waals surface area contributed by atoms with Crippen LogP contribution in [0.2, 0.25) is 0 Å². The van der Waals surface area contributed by atoms with Crippen LogP contribution in [0.4, 0.5) is 11.4 Å². The fraction of sp³-hybridized carbons (Fsp3) is 0.381. The number of benzene rings is 2. The Hall–Kier alpha value is -3.09. The molecule has 1 saturated heterocycles. The van der Waals surface area contributed by atoms with Gasteiger partial charge in [0.05, 0.1) is 11.5 Å². The van der Waals surface area contributed by atoms with Crippen molar-refractivity contribution in [3.63, 3.8) is 0 Å². The van der Waals surface area contributed by atoms with E-state index in [-0.39, 0.29) is 11.6 Å². The molecule has 0 aromatic heterocycles. The van der Waals surface area contributed by atoms with Crippen LogP contribution in [0.25, 0.3) is 0 Å². The van der Waals surface area contributed by atoms with E-state index in [0.717, 1.165) is 24.3 Å². The van der Waals surface area contributed by atoms with Crippen molar-refractivity contribution in [2.24, 2.45) is 0 Å². The van der Waals surface area contributed by atoms with Crippen molar-refractivity contribution >= 4 is 17.3 Å². The van der Waals surface area contributed by atoms with Crippen molar-refractivity contribution in [2.75, 3.05) is 37.7 Å². The molecule has 0 unspecified atom stereocenters. The maximum Gasteiger partial charge on any atom is 0.269 e. The lowest BCUT2D eigenvalue weighted by Crippen LogP contribution is -2.48. The summed E-state index contributed by atoms with van der Waals surface area (Å²) in [6.07, 6.45) is 2.06. The molecule has 0 radical (unpaired) electrons. The van der Waals surface area contributed by atoms with E-state index in [9.17, 15) is 14.9 Å². The number of amides is 1. The molecule has 148 valence electrons. The average molecular weight is 383 g/mol. The highest BCUT2D eigenvalue weighted by atomic mass is 16.6. The Morgan fingerprint density at radius 3 is 2.46 bits per heavy atom. The standard InChI is InChI=1S/C21H25N3O4/c1-2-3-15-28-20-6-4-5-17(16-20)21(25)23-13-11-22(12-14-23)18-7-9-19(10-8-18)24(26)27/h4-10,16H,2-3,11-15H2,1H3. The Bertz CT molecular complexity index is 815. The van der Waals surface area contributed by atoms with E-state index in [4.69, 9.17) is 4.74 Å². The molecule has 0 atom stereocenters. The van der Waals surface area contributed by atoms with Gasteiger partial charge in [0.25, 0.3) is 11.6 Å². The minimum absolute atomic E-state index is 0.00397. The minimum atomic E-state index is -0.402. The van der Waals surface area contributed by atoms with Crippen molar-refractivity contribution in [3.8, 4) is 5.75 Å². The summed E-state index contributed by atoms with van der Waals surface area (Å²) in [5.74, 6) is 0.730. The SMILES string of the molecule is CCCCOc1cccc(C(=O)N2CCN(c3ccc([N+](=O)[O-])cc3)CC2)c1. The van der Waals surface area contributed by atoms with Gasteiger partial charge in [-0.3, -0.25) is 14.9 Å². The fourth-order valence-electron chi connectivity index (χ4n) is 3.19. The van der Waals surface area contributed by atoms with Gasteiger partial charge in [0.1, 0.15) is 5.75 Å². The molecule has 0 aliphatic carbocycles. The Morgan fingerprint density at radius 1 is 1.11 bits per heavy atom. The molecule has 1 heterocycles. The summed E-state index contributed by atoms with van der Waals surface area (Å²) in [6.45, 7) is 5.36. The number of non-ortho nitro benzene ring substituents is 1. The third kappa shape index (κ3) is 4.79. The largest absolute Gasteiger partial charge is 0.494 e. The number of unbranched alkanes of at least 4 members (excludes halogenated alkanes) is 1. The summed E-state index contributed by atoms with van der Waals surface area (Å²) < 4.78 is 5.70. The predicted octanol–water partition coefficient (Wildman–Crippen LogP) is 3.74.